The Hall–Kier alpha value is 0.882. The Morgan fingerprint density at radius 3 is 0.600 bits per heavy atom. The SMILES string of the molecule is CO[Si](OC)OC.CO[Si](OC)OC.[W]. The summed E-state index contributed by atoms with van der Waals surface area (Å²) in [6.07, 6.45) is 0. The van der Waals surface area contributed by atoms with Crippen LogP contribution in [0, 0.1) is 0 Å². The maximum Gasteiger partial charge on any atom is 0.576 e. The maximum absolute atomic E-state index is 4.71. The molecule has 0 N–H and O–H groups in total. The van der Waals surface area contributed by atoms with Crippen molar-refractivity contribution in [2.45, 2.75) is 0 Å². The molecule has 2 radical (unpaired) electrons. The van der Waals surface area contributed by atoms with Crippen LogP contribution in [0.5, 0.6) is 0 Å². The maximum atomic E-state index is 4.71. The van der Waals surface area contributed by atoms with Crippen molar-refractivity contribution in [3.63, 3.8) is 0 Å². The van der Waals surface area contributed by atoms with Gasteiger partial charge in [-0.15, -0.1) is 0 Å². The van der Waals surface area contributed by atoms with E-state index in [4.69, 9.17) is 26.6 Å². The molecule has 92 valence electrons. The molecule has 0 spiro atoms. The summed E-state index contributed by atoms with van der Waals surface area (Å²) >= 11 is 0. The fourth-order valence-corrected chi connectivity index (χ4v) is 1.50. The van der Waals surface area contributed by atoms with Gasteiger partial charge in [0.05, 0.1) is 0 Å². The van der Waals surface area contributed by atoms with Crippen LogP contribution in [0.15, 0.2) is 0 Å². The molecule has 0 bridgehead atoms. The smallest absolute Gasteiger partial charge is 0.375 e. The Morgan fingerprint density at radius 2 is 0.600 bits per heavy atom. The van der Waals surface area contributed by atoms with Crippen molar-refractivity contribution >= 4 is 19.1 Å². The fraction of sp³-hybridized carbons (Fsp3) is 1.00. The van der Waals surface area contributed by atoms with Crippen LogP contribution in [0.3, 0.4) is 0 Å². The first-order chi connectivity index (χ1) is 6.69. The summed E-state index contributed by atoms with van der Waals surface area (Å²) in [6.45, 7) is 0. The molecule has 0 aliphatic carbocycles. The molecule has 0 aromatic heterocycles. The molecule has 0 amide bonds. The van der Waals surface area contributed by atoms with Crippen molar-refractivity contribution in [1.82, 2.24) is 0 Å². The van der Waals surface area contributed by atoms with Gasteiger partial charge in [-0.1, -0.05) is 0 Å². The van der Waals surface area contributed by atoms with Crippen molar-refractivity contribution in [1.29, 1.82) is 0 Å². The molecule has 0 saturated heterocycles. The largest absolute Gasteiger partial charge is 0.576 e. The molecule has 0 atom stereocenters. The number of hydrogen-bond donors (Lipinski definition) is 0. The van der Waals surface area contributed by atoms with E-state index in [-0.39, 0.29) is 21.1 Å². The van der Waals surface area contributed by atoms with E-state index in [2.05, 4.69) is 0 Å². The van der Waals surface area contributed by atoms with Gasteiger partial charge in [0.15, 0.2) is 0 Å². The van der Waals surface area contributed by atoms with Crippen molar-refractivity contribution in [2.75, 3.05) is 42.7 Å². The molecule has 6 nitrogen and oxygen atoms in total. The van der Waals surface area contributed by atoms with Crippen LogP contribution < -0.4 is 0 Å². The normalized spacial score (nSPS) is 9.60. The molecule has 0 aromatic carbocycles. The van der Waals surface area contributed by atoms with Gasteiger partial charge >= 0.3 is 19.1 Å². The zero-order valence-corrected chi connectivity index (χ0v) is 14.8. The van der Waals surface area contributed by atoms with Crippen molar-refractivity contribution < 1.29 is 47.6 Å². The summed E-state index contributed by atoms with van der Waals surface area (Å²) in [5, 5.41) is 0. The Bertz CT molecular complexity index is 80.6. The Kier molecular flexibility index (Phi) is 24.4. The summed E-state index contributed by atoms with van der Waals surface area (Å²) in [5.74, 6) is 0. The zero-order valence-electron chi connectivity index (χ0n) is 9.86. The molecule has 0 unspecified atom stereocenters. The average Bonchev–Trinajstić information content (AvgIpc) is 2.24. The molecule has 0 aliphatic rings. The van der Waals surface area contributed by atoms with Gasteiger partial charge < -0.3 is 26.6 Å². The summed E-state index contributed by atoms with van der Waals surface area (Å²) in [7, 11) is 6.62. The van der Waals surface area contributed by atoms with Gasteiger partial charge in [0.25, 0.3) is 0 Å². The minimum atomic E-state index is -1.36. The third-order valence-corrected chi connectivity index (χ3v) is 3.00. The first-order valence-electron chi connectivity index (χ1n) is 3.67. The molecular weight excluding hydrogens is 408 g/mol. The molecule has 15 heavy (non-hydrogen) atoms. The topological polar surface area (TPSA) is 55.4 Å². The second kappa shape index (κ2) is 17.3. The third-order valence-electron chi connectivity index (χ3n) is 1.00. The fourth-order valence-electron chi connectivity index (χ4n) is 0.500. The van der Waals surface area contributed by atoms with Crippen LogP contribution in [0.2, 0.25) is 0 Å². The molecular formula is C6H18O6Si2W. The molecule has 0 fully saturated rings. The van der Waals surface area contributed by atoms with Crippen molar-refractivity contribution in [2.24, 2.45) is 0 Å². The number of rotatable bonds is 6. The quantitative estimate of drug-likeness (QED) is 0.550. The van der Waals surface area contributed by atoms with Gasteiger partial charge in [0.1, 0.15) is 0 Å². The van der Waals surface area contributed by atoms with E-state index in [1.54, 1.807) is 42.7 Å². The molecule has 9 heteroatoms. The van der Waals surface area contributed by atoms with Gasteiger partial charge in [0.2, 0.25) is 0 Å². The molecule has 0 aliphatic heterocycles. The van der Waals surface area contributed by atoms with Crippen LogP contribution in [0.4, 0.5) is 0 Å². The van der Waals surface area contributed by atoms with Crippen LogP contribution in [0.25, 0.3) is 0 Å². The summed E-state index contributed by atoms with van der Waals surface area (Å²) in [4.78, 5) is 0. The minimum Gasteiger partial charge on any atom is -0.375 e. The predicted molar refractivity (Wildman–Crippen MR) is 53.6 cm³/mol. The van der Waals surface area contributed by atoms with E-state index in [1.165, 1.54) is 0 Å². The summed E-state index contributed by atoms with van der Waals surface area (Å²) < 4.78 is 28.2. The van der Waals surface area contributed by atoms with Crippen molar-refractivity contribution in [3.05, 3.63) is 0 Å². The average molecular weight is 426 g/mol. The standard InChI is InChI=1S/2C3H9O3Si.W/c2*1-4-7(5-2)6-3;/h2*1-3H3;. The van der Waals surface area contributed by atoms with Gasteiger partial charge in [-0.25, -0.2) is 0 Å². The first kappa shape index (κ1) is 21.2. The van der Waals surface area contributed by atoms with Gasteiger partial charge in [-0.05, 0) is 0 Å². The van der Waals surface area contributed by atoms with E-state index >= 15 is 0 Å². The van der Waals surface area contributed by atoms with E-state index < -0.39 is 19.1 Å². The second-order valence-electron chi connectivity index (χ2n) is 1.72. The summed E-state index contributed by atoms with van der Waals surface area (Å²) in [6, 6.07) is 0. The van der Waals surface area contributed by atoms with Gasteiger partial charge in [0, 0.05) is 63.7 Å². The second-order valence-corrected chi connectivity index (χ2v) is 5.17. The van der Waals surface area contributed by atoms with E-state index in [0.717, 1.165) is 0 Å². The van der Waals surface area contributed by atoms with Crippen LogP contribution in [-0.2, 0) is 47.6 Å². The number of hydrogen-bond acceptors (Lipinski definition) is 6. The predicted octanol–water partition coefficient (Wildman–Crippen LogP) is -0.181. The van der Waals surface area contributed by atoms with Crippen LogP contribution in [0.1, 0.15) is 0 Å². The van der Waals surface area contributed by atoms with Crippen molar-refractivity contribution in [3.8, 4) is 0 Å². The van der Waals surface area contributed by atoms with Crippen LogP contribution in [-0.4, -0.2) is 61.7 Å². The zero-order chi connectivity index (χ0) is 11.4. The molecule has 0 heterocycles. The van der Waals surface area contributed by atoms with Gasteiger partial charge in [-0.3, -0.25) is 0 Å². The minimum absolute atomic E-state index is 0. The van der Waals surface area contributed by atoms with E-state index in [0.29, 0.717) is 0 Å². The first-order valence-corrected chi connectivity index (χ1v) is 6.12. The molecule has 0 aromatic rings. The Labute approximate surface area is 109 Å². The molecule has 0 rings (SSSR count). The van der Waals surface area contributed by atoms with Gasteiger partial charge in [-0.2, -0.15) is 0 Å². The third kappa shape index (κ3) is 14.9. The van der Waals surface area contributed by atoms with Crippen LogP contribution >= 0.6 is 0 Å². The Balaban J connectivity index is -0.000000180. The molecule has 0 saturated carbocycles. The Morgan fingerprint density at radius 1 is 0.467 bits per heavy atom. The van der Waals surface area contributed by atoms with E-state index in [1.807, 2.05) is 0 Å². The van der Waals surface area contributed by atoms with E-state index in [9.17, 15) is 0 Å². The monoisotopic (exact) mass is 426 g/mol. The summed E-state index contributed by atoms with van der Waals surface area (Å²) in [5.41, 5.74) is 0.